The van der Waals surface area contributed by atoms with E-state index in [2.05, 4.69) is 4.74 Å². The average molecular weight is 357 g/mol. The Balaban J connectivity index is -0.0000000180. The van der Waals surface area contributed by atoms with E-state index in [1.54, 1.807) is 0 Å². The Bertz CT molecular complexity index is 40.0. The van der Waals surface area contributed by atoms with E-state index in [4.69, 9.17) is 10.2 Å². The van der Waals surface area contributed by atoms with Crippen molar-refractivity contribution in [2.75, 3.05) is 26.4 Å². The molecule has 0 spiro atoms. The SMILES string of the molecule is Br.Br.OCCOCCO.[CH3-].[CH3-].[Ni+2]. The minimum absolute atomic E-state index is 0. The molecule has 0 aromatic heterocycles. The van der Waals surface area contributed by atoms with Crippen molar-refractivity contribution < 1.29 is 31.4 Å². The standard InChI is InChI=1S/C4H10O3.2CH3.2BrH.Ni/c5-1-3-7-4-2-6;;;;;/h5-6H,1-4H2;2*1H3;2*1H;/q;2*-1;;;+2. The number of hydrogen-bond acceptors (Lipinski definition) is 3. The first-order valence-corrected chi connectivity index (χ1v) is 2.21. The second kappa shape index (κ2) is 39.5. The minimum Gasteiger partial charge on any atom is -0.394 e. The quantitative estimate of drug-likeness (QED) is 0.449. The molecule has 0 aliphatic carbocycles. The fraction of sp³-hybridized carbons (Fsp3) is 0.667. The minimum atomic E-state index is 0. The Morgan fingerprint density at radius 2 is 1.08 bits per heavy atom. The maximum Gasteiger partial charge on any atom is 2.00 e. The Labute approximate surface area is 106 Å². The van der Waals surface area contributed by atoms with Crippen LogP contribution in [0.2, 0.25) is 0 Å². The second-order valence-corrected chi connectivity index (χ2v) is 1.06. The van der Waals surface area contributed by atoms with Gasteiger partial charge in [-0.15, -0.1) is 34.0 Å². The monoisotopic (exact) mass is 354 g/mol. The van der Waals surface area contributed by atoms with Gasteiger partial charge in [0.15, 0.2) is 0 Å². The summed E-state index contributed by atoms with van der Waals surface area (Å²) in [4.78, 5) is 0. The maximum atomic E-state index is 8.09. The molecule has 2 N–H and O–H groups in total. The van der Waals surface area contributed by atoms with Gasteiger partial charge in [0, 0.05) is 0 Å². The van der Waals surface area contributed by atoms with E-state index in [1.807, 2.05) is 0 Å². The van der Waals surface area contributed by atoms with Gasteiger partial charge in [-0.2, -0.15) is 0 Å². The predicted octanol–water partition coefficient (Wildman–Crippen LogP) is 1.04. The van der Waals surface area contributed by atoms with Gasteiger partial charge in [0.05, 0.1) is 26.4 Å². The number of ether oxygens (including phenoxy) is 1. The fourth-order valence-corrected chi connectivity index (χ4v) is 0.231. The van der Waals surface area contributed by atoms with E-state index in [1.165, 1.54) is 0 Å². The molecule has 0 unspecified atom stereocenters. The van der Waals surface area contributed by atoms with Crippen LogP contribution in [0.3, 0.4) is 0 Å². The van der Waals surface area contributed by atoms with E-state index in [-0.39, 0.29) is 78.5 Å². The zero-order valence-electron chi connectivity index (χ0n) is 7.26. The van der Waals surface area contributed by atoms with Gasteiger partial charge in [-0.3, -0.25) is 0 Å². The van der Waals surface area contributed by atoms with Crippen LogP contribution in [0.4, 0.5) is 0 Å². The van der Waals surface area contributed by atoms with Crippen molar-refractivity contribution in [1.29, 1.82) is 0 Å². The van der Waals surface area contributed by atoms with Gasteiger partial charge in [-0.05, 0) is 0 Å². The summed E-state index contributed by atoms with van der Waals surface area (Å²) >= 11 is 0. The number of aliphatic hydroxyl groups is 2. The first kappa shape index (κ1) is 37.7. The Kier molecular flexibility index (Phi) is 124. The van der Waals surface area contributed by atoms with Crippen molar-refractivity contribution in [1.82, 2.24) is 0 Å². The van der Waals surface area contributed by atoms with Gasteiger partial charge in [0.25, 0.3) is 0 Å². The van der Waals surface area contributed by atoms with Crippen LogP contribution in [-0.2, 0) is 21.2 Å². The molecule has 0 radical (unpaired) electrons. The number of halogens is 2. The topological polar surface area (TPSA) is 49.7 Å². The van der Waals surface area contributed by atoms with Crippen LogP contribution in [0.15, 0.2) is 0 Å². The third kappa shape index (κ3) is 42.5. The van der Waals surface area contributed by atoms with Crippen LogP contribution >= 0.6 is 34.0 Å². The van der Waals surface area contributed by atoms with Crippen molar-refractivity contribution in [2.45, 2.75) is 0 Å². The molecule has 0 aromatic carbocycles. The zero-order chi connectivity index (χ0) is 5.54. The van der Waals surface area contributed by atoms with Gasteiger partial charge in [0.2, 0.25) is 0 Å². The molecule has 3 nitrogen and oxygen atoms in total. The molecule has 0 bridgehead atoms. The largest absolute Gasteiger partial charge is 2.00 e. The van der Waals surface area contributed by atoms with Gasteiger partial charge < -0.3 is 29.8 Å². The summed E-state index contributed by atoms with van der Waals surface area (Å²) in [6.07, 6.45) is 0. The molecule has 0 fully saturated rings. The summed E-state index contributed by atoms with van der Waals surface area (Å²) in [5, 5.41) is 16.2. The van der Waals surface area contributed by atoms with Gasteiger partial charge in [0.1, 0.15) is 0 Å². The predicted molar refractivity (Wildman–Crippen MR) is 58.5 cm³/mol. The van der Waals surface area contributed by atoms with Crippen molar-refractivity contribution >= 4 is 34.0 Å². The summed E-state index contributed by atoms with van der Waals surface area (Å²) in [6.45, 7) is 0.696. The van der Waals surface area contributed by atoms with Crippen LogP contribution in [0, 0.1) is 14.9 Å². The van der Waals surface area contributed by atoms with Crippen molar-refractivity contribution in [3.8, 4) is 0 Å². The summed E-state index contributed by atoms with van der Waals surface area (Å²) in [6, 6.07) is 0. The molecular weight excluding hydrogens is 339 g/mol. The molecule has 12 heavy (non-hydrogen) atoms. The third-order valence-electron chi connectivity index (χ3n) is 0.471. The summed E-state index contributed by atoms with van der Waals surface area (Å²) in [5.74, 6) is 0. The van der Waals surface area contributed by atoms with E-state index in [0.29, 0.717) is 13.2 Å². The van der Waals surface area contributed by atoms with E-state index in [0.717, 1.165) is 0 Å². The summed E-state index contributed by atoms with van der Waals surface area (Å²) < 4.78 is 4.63. The Morgan fingerprint density at radius 1 is 0.833 bits per heavy atom. The van der Waals surface area contributed by atoms with Crippen LogP contribution in [-0.4, -0.2) is 36.6 Å². The molecule has 0 atom stereocenters. The van der Waals surface area contributed by atoms with Crippen molar-refractivity contribution in [3.05, 3.63) is 14.9 Å². The van der Waals surface area contributed by atoms with E-state index < -0.39 is 0 Å². The summed E-state index contributed by atoms with van der Waals surface area (Å²) in [5.41, 5.74) is 0. The Hall–Kier alpha value is 1.33. The molecule has 0 aliphatic heterocycles. The smallest absolute Gasteiger partial charge is 0.394 e. The average Bonchev–Trinajstić information content (AvgIpc) is 1.69. The molecule has 0 heterocycles. The van der Waals surface area contributed by atoms with Gasteiger partial charge in [-0.25, -0.2) is 0 Å². The van der Waals surface area contributed by atoms with Crippen molar-refractivity contribution in [3.63, 3.8) is 0 Å². The number of rotatable bonds is 4. The van der Waals surface area contributed by atoms with Gasteiger partial charge in [-0.1, -0.05) is 0 Å². The molecule has 84 valence electrons. The van der Waals surface area contributed by atoms with Crippen LogP contribution in [0.5, 0.6) is 0 Å². The van der Waals surface area contributed by atoms with Crippen molar-refractivity contribution in [2.24, 2.45) is 0 Å². The first-order chi connectivity index (χ1) is 3.41. The zero-order valence-corrected chi connectivity index (χ0v) is 11.7. The normalized spacial score (nSPS) is 5.50. The van der Waals surface area contributed by atoms with Crippen LogP contribution in [0.25, 0.3) is 0 Å². The maximum absolute atomic E-state index is 8.09. The molecule has 6 heteroatoms. The van der Waals surface area contributed by atoms with E-state index >= 15 is 0 Å². The van der Waals surface area contributed by atoms with Crippen LogP contribution in [0.1, 0.15) is 0 Å². The van der Waals surface area contributed by atoms with Gasteiger partial charge >= 0.3 is 16.5 Å². The van der Waals surface area contributed by atoms with E-state index in [9.17, 15) is 0 Å². The molecule has 0 aromatic rings. The molecule has 0 aliphatic rings. The molecule has 0 amide bonds. The number of aliphatic hydroxyl groups excluding tert-OH is 2. The molecule has 0 saturated carbocycles. The Morgan fingerprint density at radius 3 is 1.25 bits per heavy atom. The number of hydrogen-bond donors (Lipinski definition) is 2. The molecule has 0 rings (SSSR count). The second-order valence-electron chi connectivity index (χ2n) is 1.06. The van der Waals surface area contributed by atoms with Crippen LogP contribution < -0.4 is 0 Å². The third-order valence-corrected chi connectivity index (χ3v) is 0.471. The molecule has 0 saturated heterocycles. The molecular formula is C6H18Br2NiO3. The summed E-state index contributed by atoms with van der Waals surface area (Å²) in [7, 11) is 0. The fourth-order valence-electron chi connectivity index (χ4n) is 0.231. The first-order valence-electron chi connectivity index (χ1n) is 2.21.